The van der Waals surface area contributed by atoms with Gasteiger partial charge in [0.1, 0.15) is 12.2 Å². The number of hydrogen-bond donors (Lipinski definition) is 3. The Morgan fingerprint density at radius 1 is 1.09 bits per heavy atom. The smallest absolute Gasteiger partial charge is 0.407 e. The number of fused-ring (bicyclic) bond motifs is 3. The molecular formula is C26H28N4O5. The molecule has 0 saturated heterocycles. The Hall–Kier alpha value is -4.14. The Labute approximate surface area is 203 Å². The maximum absolute atomic E-state index is 12.3. The summed E-state index contributed by atoms with van der Waals surface area (Å²) >= 11 is 0. The molecule has 0 spiro atoms. The maximum Gasteiger partial charge on any atom is 0.407 e. The van der Waals surface area contributed by atoms with Crippen molar-refractivity contribution in [1.82, 2.24) is 15.1 Å². The first-order valence-electron chi connectivity index (χ1n) is 11.5. The lowest BCUT2D eigenvalue weighted by molar-refractivity contribution is -0.117. The van der Waals surface area contributed by atoms with Gasteiger partial charge in [-0.3, -0.25) is 9.48 Å². The van der Waals surface area contributed by atoms with Crippen molar-refractivity contribution in [2.24, 2.45) is 13.0 Å². The molecule has 0 bridgehead atoms. The highest BCUT2D eigenvalue weighted by Crippen LogP contribution is 2.44. The fourth-order valence-electron chi connectivity index (χ4n) is 4.41. The zero-order chi connectivity index (χ0) is 24.9. The van der Waals surface area contributed by atoms with Gasteiger partial charge in [-0.25, -0.2) is 9.59 Å². The molecule has 0 radical (unpaired) electrons. The van der Waals surface area contributed by atoms with Gasteiger partial charge in [-0.1, -0.05) is 55.5 Å². The fraction of sp³-hybridized carbons (Fsp3) is 0.308. The van der Waals surface area contributed by atoms with Crippen LogP contribution in [-0.4, -0.2) is 46.0 Å². The highest BCUT2D eigenvalue weighted by Gasteiger charge is 2.29. The third-order valence-electron chi connectivity index (χ3n) is 6.10. The van der Waals surface area contributed by atoms with Crippen LogP contribution >= 0.6 is 0 Å². The quantitative estimate of drug-likeness (QED) is 0.429. The summed E-state index contributed by atoms with van der Waals surface area (Å²) in [6.45, 7) is 2.48. The molecule has 0 aliphatic heterocycles. The minimum Gasteiger partial charge on any atom is -0.477 e. The van der Waals surface area contributed by atoms with E-state index in [9.17, 15) is 19.5 Å². The molecule has 1 aliphatic carbocycles. The number of rotatable bonds is 9. The number of carboxylic acids is 1. The van der Waals surface area contributed by atoms with Gasteiger partial charge < -0.3 is 20.5 Å². The van der Waals surface area contributed by atoms with Crippen LogP contribution < -0.4 is 10.6 Å². The predicted molar refractivity (Wildman–Crippen MR) is 130 cm³/mol. The van der Waals surface area contributed by atoms with Crippen LogP contribution in [0.15, 0.2) is 54.7 Å². The molecule has 1 aliphatic rings. The van der Waals surface area contributed by atoms with E-state index in [1.54, 1.807) is 7.05 Å². The van der Waals surface area contributed by atoms with Gasteiger partial charge >= 0.3 is 12.1 Å². The Morgan fingerprint density at radius 3 is 2.34 bits per heavy atom. The van der Waals surface area contributed by atoms with E-state index >= 15 is 0 Å². The lowest BCUT2D eigenvalue weighted by Crippen LogP contribution is -2.28. The number of carbonyl (C=O) groups is 3. The molecule has 9 heteroatoms. The summed E-state index contributed by atoms with van der Waals surface area (Å²) in [7, 11) is 1.58. The second-order valence-corrected chi connectivity index (χ2v) is 8.77. The van der Waals surface area contributed by atoms with Crippen molar-refractivity contribution in [3.05, 3.63) is 71.4 Å². The normalized spacial score (nSPS) is 13.0. The standard InChI is InChI=1S/C26H28N4O5/c1-16(13-23(31)28-24-21(25(32)33)14-30(2)29-24)11-12-27-26(34)35-15-22-19-9-5-3-7-17(19)18-8-4-6-10-20(18)22/h3-10,14,16,22H,11-13,15H2,1-2H3,(H,27,34)(H,32,33)(H,28,29,31). The number of ether oxygens (including phenoxy) is 1. The number of amides is 2. The average Bonchev–Trinajstić information content (AvgIpc) is 3.35. The number of aromatic carboxylic acids is 1. The number of alkyl carbamates (subject to hydrolysis) is 1. The number of hydrogen-bond acceptors (Lipinski definition) is 5. The first-order chi connectivity index (χ1) is 16.8. The van der Waals surface area contributed by atoms with Crippen LogP contribution in [0.1, 0.15) is 47.2 Å². The average molecular weight is 477 g/mol. The molecule has 1 heterocycles. The summed E-state index contributed by atoms with van der Waals surface area (Å²) in [5, 5.41) is 18.5. The number of nitrogens with zero attached hydrogens (tertiary/aromatic N) is 2. The molecule has 1 unspecified atom stereocenters. The Kier molecular flexibility index (Phi) is 7.14. The van der Waals surface area contributed by atoms with Crippen molar-refractivity contribution in [2.75, 3.05) is 18.5 Å². The van der Waals surface area contributed by atoms with Crippen LogP contribution in [0, 0.1) is 5.92 Å². The number of carboxylic acid groups (broad SMARTS) is 1. The van der Waals surface area contributed by atoms with E-state index in [-0.39, 0.29) is 42.2 Å². The molecule has 4 rings (SSSR count). The van der Waals surface area contributed by atoms with Gasteiger partial charge in [0, 0.05) is 32.1 Å². The van der Waals surface area contributed by atoms with E-state index in [4.69, 9.17) is 4.74 Å². The molecule has 1 atom stereocenters. The summed E-state index contributed by atoms with van der Waals surface area (Å²) < 4.78 is 6.86. The number of aryl methyl sites for hydroxylation is 1. The fourth-order valence-corrected chi connectivity index (χ4v) is 4.41. The van der Waals surface area contributed by atoms with Crippen molar-refractivity contribution in [2.45, 2.75) is 25.7 Å². The SMILES string of the molecule is CC(CCNC(=O)OCC1c2ccccc2-c2ccccc21)CC(=O)Nc1nn(C)cc1C(=O)O. The highest BCUT2D eigenvalue weighted by molar-refractivity contribution is 5.99. The number of benzene rings is 2. The lowest BCUT2D eigenvalue weighted by Gasteiger charge is -2.15. The summed E-state index contributed by atoms with van der Waals surface area (Å²) in [6, 6.07) is 16.3. The summed E-state index contributed by atoms with van der Waals surface area (Å²) in [5.41, 5.74) is 4.58. The zero-order valence-electron chi connectivity index (χ0n) is 19.7. The Bertz CT molecular complexity index is 1210. The second-order valence-electron chi connectivity index (χ2n) is 8.77. The van der Waals surface area contributed by atoms with Crippen LogP contribution in [0.25, 0.3) is 11.1 Å². The largest absolute Gasteiger partial charge is 0.477 e. The Morgan fingerprint density at radius 2 is 1.71 bits per heavy atom. The minimum atomic E-state index is -1.16. The van der Waals surface area contributed by atoms with Gasteiger partial charge in [0.2, 0.25) is 5.91 Å². The summed E-state index contributed by atoms with van der Waals surface area (Å²) in [6.07, 6.45) is 1.57. The van der Waals surface area contributed by atoms with Crippen LogP contribution in [0.2, 0.25) is 0 Å². The van der Waals surface area contributed by atoms with Gasteiger partial charge in [0.15, 0.2) is 5.82 Å². The number of carbonyl (C=O) groups excluding carboxylic acids is 2. The van der Waals surface area contributed by atoms with Crippen molar-refractivity contribution in [3.63, 3.8) is 0 Å². The molecule has 0 fully saturated rings. The van der Waals surface area contributed by atoms with Crippen molar-refractivity contribution in [3.8, 4) is 11.1 Å². The maximum atomic E-state index is 12.3. The molecule has 9 nitrogen and oxygen atoms in total. The van der Waals surface area contributed by atoms with Gasteiger partial charge in [0.25, 0.3) is 0 Å². The summed E-state index contributed by atoms with van der Waals surface area (Å²) in [5.74, 6) is -1.51. The van der Waals surface area contributed by atoms with Crippen LogP contribution in [-0.2, 0) is 16.6 Å². The van der Waals surface area contributed by atoms with Gasteiger partial charge in [-0.15, -0.1) is 0 Å². The molecule has 0 saturated carbocycles. The molecule has 3 N–H and O–H groups in total. The molecule has 3 aromatic rings. The van der Waals surface area contributed by atoms with E-state index in [0.29, 0.717) is 13.0 Å². The second kappa shape index (κ2) is 10.4. The van der Waals surface area contributed by atoms with E-state index < -0.39 is 12.1 Å². The third kappa shape index (κ3) is 5.51. The van der Waals surface area contributed by atoms with E-state index in [2.05, 4.69) is 40.0 Å². The zero-order valence-corrected chi connectivity index (χ0v) is 19.7. The molecule has 182 valence electrons. The molecule has 2 amide bonds. The van der Waals surface area contributed by atoms with Crippen molar-refractivity contribution < 1.29 is 24.2 Å². The molecule has 35 heavy (non-hydrogen) atoms. The topological polar surface area (TPSA) is 123 Å². The monoisotopic (exact) mass is 476 g/mol. The van der Waals surface area contributed by atoms with E-state index in [1.807, 2.05) is 31.2 Å². The van der Waals surface area contributed by atoms with E-state index in [0.717, 1.165) is 11.1 Å². The van der Waals surface area contributed by atoms with Gasteiger partial charge in [-0.05, 0) is 34.6 Å². The number of anilines is 1. The molecule has 2 aromatic carbocycles. The molecule has 1 aromatic heterocycles. The highest BCUT2D eigenvalue weighted by atomic mass is 16.5. The van der Waals surface area contributed by atoms with Crippen LogP contribution in [0.5, 0.6) is 0 Å². The van der Waals surface area contributed by atoms with Crippen LogP contribution in [0.3, 0.4) is 0 Å². The lowest BCUT2D eigenvalue weighted by atomic mass is 9.98. The first-order valence-corrected chi connectivity index (χ1v) is 11.5. The van der Waals surface area contributed by atoms with Crippen molar-refractivity contribution >= 4 is 23.8 Å². The van der Waals surface area contributed by atoms with Crippen molar-refractivity contribution in [1.29, 1.82) is 0 Å². The third-order valence-corrected chi connectivity index (χ3v) is 6.10. The number of aromatic nitrogens is 2. The first kappa shape index (κ1) is 24.0. The van der Waals surface area contributed by atoms with Gasteiger partial charge in [-0.2, -0.15) is 5.10 Å². The molecular weight excluding hydrogens is 448 g/mol. The predicted octanol–water partition coefficient (Wildman–Crippen LogP) is 4.01. The number of nitrogens with one attached hydrogen (secondary N) is 2. The Balaban J connectivity index is 1.21. The van der Waals surface area contributed by atoms with Crippen LogP contribution in [0.4, 0.5) is 10.6 Å². The van der Waals surface area contributed by atoms with Gasteiger partial charge in [0.05, 0.1) is 0 Å². The summed E-state index contributed by atoms with van der Waals surface area (Å²) in [4.78, 5) is 35.8. The van der Waals surface area contributed by atoms with E-state index in [1.165, 1.54) is 22.0 Å². The minimum absolute atomic E-state index is 0.00180.